The molecule has 1 fully saturated rings. The predicted octanol–water partition coefficient (Wildman–Crippen LogP) is 0.284. The lowest BCUT2D eigenvalue weighted by atomic mass is 9.80. The minimum Gasteiger partial charge on any atom is -0.480 e. The van der Waals surface area contributed by atoms with Gasteiger partial charge in [-0.05, 0) is 38.1 Å². The van der Waals surface area contributed by atoms with Crippen molar-refractivity contribution >= 4 is 16.0 Å². The lowest BCUT2D eigenvalue weighted by molar-refractivity contribution is -0.149. The standard InChI is InChI=1S/C12H18N2O4S/c1-9-4-5-10(19(13,17)18)8-12(9,11(15)16)14-6-2-3-7-14/h4-5,8-9H,2-3,6-7H2,1H3,(H,15,16)(H2,13,17,18). The fourth-order valence-corrected chi connectivity index (χ4v) is 3.43. The molecule has 0 aromatic rings. The van der Waals surface area contributed by atoms with E-state index in [9.17, 15) is 18.3 Å². The number of carbonyl (C=O) groups is 1. The van der Waals surface area contributed by atoms with Crippen molar-refractivity contribution in [1.29, 1.82) is 0 Å². The minimum absolute atomic E-state index is 0.125. The SMILES string of the molecule is CC1C=CC(S(N)(=O)=O)=CC1(C(=O)O)N1CCCC1. The maximum atomic E-state index is 11.8. The zero-order chi connectivity index (χ0) is 14.3. The Morgan fingerprint density at radius 1 is 1.47 bits per heavy atom. The van der Waals surface area contributed by atoms with Gasteiger partial charge in [-0.3, -0.25) is 4.90 Å². The summed E-state index contributed by atoms with van der Waals surface area (Å²) in [5.41, 5.74) is -1.31. The number of likely N-dealkylation sites (tertiary alicyclic amines) is 1. The second-order valence-electron chi connectivity index (χ2n) is 5.06. The van der Waals surface area contributed by atoms with Gasteiger partial charge in [0.25, 0.3) is 0 Å². The molecule has 1 saturated heterocycles. The molecule has 3 N–H and O–H groups in total. The van der Waals surface area contributed by atoms with E-state index in [0.29, 0.717) is 13.1 Å². The van der Waals surface area contributed by atoms with Crippen molar-refractivity contribution < 1.29 is 18.3 Å². The average Bonchev–Trinajstić information content (AvgIpc) is 2.81. The monoisotopic (exact) mass is 286 g/mol. The molecule has 0 aromatic carbocycles. The van der Waals surface area contributed by atoms with Crippen LogP contribution in [0.4, 0.5) is 0 Å². The molecule has 0 aromatic heterocycles. The number of allylic oxidation sites excluding steroid dienone is 1. The van der Waals surface area contributed by atoms with E-state index in [1.807, 2.05) is 4.90 Å². The number of carboxylic acid groups (broad SMARTS) is 1. The molecule has 0 saturated carbocycles. The molecule has 7 heteroatoms. The van der Waals surface area contributed by atoms with E-state index in [1.165, 1.54) is 12.2 Å². The van der Waals surface area contributed by atoms with E-state index in [1.54, 1.807) is 13.0 Å². The number of nitrogens with two attached hydrogens (primary N) is 1. The Morgan fingerprint density at radius 3 is 2.53 bits per heavy atom. The third-order valence-electron chi connectivity index (χ3n) is 3.91. The molecule has 2 atom stereocenters. The molecular formula is C12H18N2O4S. The highest BCUT2D eigenvalue weighted by Gasteiger charge is 2.49. The summed E-state index contributed by atoms with van der Waals surface area (Å²) >= 11 is 0. The second kappa shape index (κ2) is 4.73. The number of hydrogen-bond donors (Lipinski definition) is 2. The van der Waals surface area contributed by atoms with Crippen LogP contribution >= 0.6 is 0 Å². The van der Waals surface area contributed by atoms with Crippen LogP contribution in [0.25, 0.3) is 0 Å². The first-order valence-electron chi connectivity index (χ1n) is 6.21. The molecule has 2 unspecified atom stereocenters. The fourth-order valence-electron chi connectivity index (χ4n) is 2.82. The van der Waals surface area contributed by atoms with Crippen molar-refractivity contribution in [3.63, 3.8) is 0 Å². The van der Waals surface area contributed by atoms with E-state index in [2.05, 4.69) is 0 Å². The van der Waals surface area contributed by atoms with E-state index >= 15 is 0 Å². The van der Waals surface area contributed by atoms with Gasteiger partial charge in [-0.1, -0.05) is 13.0 Å². The molecule has 1 aliphatic carbocycles. The summed E-state index contributed by atoms with van der Waals surface area (Å²) in [6, 6.07) is 0. The van der Waals surface area contributed by atoms with Crippen LogP contribution in [0.1, 0.15) is 19.8 Å². The van der Waals surface area contributed by atoms with Crippen LogP contribution in [0.3, 0.4) is 0 Å². The lowest BCUT2D eigenvalue weighted by Gasteiger charge is -2.41. The number of aliphatic carboxylic acids is 1. The van der Waals surface area contributed by atoms with Crippen molar-refractivity contribution in [3.8, 4) is 0 Å². The summed E-state index contributed by atoms with van der Waals surface area (Å²) in [7, 11) is -3.90. The van der Waals surface area contributed by atoms with Crippen molar-refractivity contribution in [2.24, 2.45) is 11.1 Å². The highest BCUT2D eigenvalue weighted by Crippen LogP contribution is 2.36. The Kier molecular flexibility index (Phi) is 3.55. The van der Waals surface area contributed by atoms with Crippen LogP contribution in [-0.2, 0) is 14.8 Å². The van der Waals surface area contributed by atoms with Crippen molar-refractivity contribution in [2.45, 2.75) is 25.3 Å². The zero-order valence-electron chi connectivity index (χ0n) is 10.7. The zero-order valence-corrected chi connectivity index (χ0v) is 11.6. The molecule has 2 aliphatic rings. The molecule has 1 aliphatic heterocycles. The van der Waals surface area contributed by atoms with Crippen molar-refractivity contribution in [2.75, 3.05) is 13.1 Å². The highest BCUT2D eigenvalue weighted by molar-refractivity contribution is 7.93. The van der Waals surface area contributed by atoms with E-state index in [4.69, 9.17) is 5.14 Å². The molecular weight excluding hydrogens is 268 g/mol. The maximum absolute atomic E-state index is 11.8. The summed E-state index contributed by atoms with van der Waals surface area (Å²) < 4.78 is 22.9. The van der Waals surface area contributed by atoms with Crippen LogP contribution in [-0.4, -0.2) is 43.0 Å². The van der Waals surface area contributed by atoms with Gasteiger partial charge in [0.1, 0.15) is 5.54 Å². The van der Waals surface area contributed by atoms with Crippen LogP contribution in [0.2, 0.25) is 0 Å². The van der Waals surface area contributed by atoms with Crippen molar-refractivity contribution in [1.82, 2.24) is 4.90 Å². The van der Waals surface area contributed by atoms with Gasteiger partial charge in [0.05, 0.1) is 4.91 Å². The smallest absolute Gasteiger partial charge is 0.328 e. The summed E-state index contributed by atoms with van der Waals surface area (Å²) in [6.45, 7) is 3.08. The van der Waals surface area contributed by atoms with E-state index in [-0.39, 0.29) is 10.8 Å². The molecule has 106 valence electrons. The van der Waals surface area contributed by atoms with Gasteiger partial charge < -0.3 is 5.11 Å². The van der Waals surface area contributed by atoms with Crippen LogP contribution in [0, 0.1) is 5.92 Å². The molecule has 0 radical (unpaired) electrons. The Balaban J connectivity index is 2.55. The second-order valence-corrected chi connectivity index (χ2v) is 6.63. The number of nitrogens with zero attached hydrogens (tertiary/aromatic N) is 1. The first kappa shape index (κ1) is 14.2. The first-order valence-corrected chi connectivity index (χ1v) is 7.75. The third kappa shape index (κ3) is 2.33. The number of carboxylic acids is 1. The summed E-state index contributed by atoms with van der Waals surface area (Å²) in [4.78, 5) is 13.5. The van der Waals surface area contributed by atoms with E-state index in [0.717, 1.165) is 12.8 Å². The number of primary sulfonamides is 1. The van der Waals surface area contributed by atoms with Gasteiger partial charge in [-0.15, -0.1) is 0 Å². The van der Waals surface area contributed by atoms with E-state index < -0.39 is 21.5 Å². The number of sulfonamides is 1. The largest absolute Gasteiger partial charge is 0.480 e. The molecule has 2 rings (SSSR count). The van der Waals surface area contributed by atoms with Gasteiger partial charge in [0.15, 0.2) is 0 Å². The fraction of sp³-hybridized carbons (Fsp3) is 0.583. The predicted molar refractivity (Wildman–Crippen MR) is 70.7 cm³/mol. The quantitative estimate of drug-likeness (QED) is 0.776. The Labute approximate surface area is 112 Å². The lowest BCUT2D eigenvalue weighted by Crippen LogP contribution is -2.57. The highest BCUT2D eigenvalue weighted by atomic mass is 32.2. The third-order valence-corrected chi connectivity index (χ3v) is 4.82. The molecule has 0 spiro atoms. The Hall–Kier alpha value is -1.18. The molecule has 0 bridgehead atoms. The summed E-state index contributed by atoms with van der Waals surface area (Å²) in [5, 5.41) is 14.8. The van der Waals surface area contributed by atoms with Gasteiger partial charge in [0.2, 0.25) is 10.0 Å². The number of hydrogen-bond acceptors (Lipinski definition) is 4. The molecule has 0 amide bonds. The molecule has 1 heterocycles. The molecule has 19 heavy (non-hydrogen) atoms. The summed E-state index contributed by atoms with van der Waals surface area (Å²) in [5.74, 6) is -1.35. The maximum Gasteiger partial charge on any atom is 0.328 e. The van der Waals surface area contributed by atoms with Crippen LogP contribution in [0.5, 0.6) is 0 Å². The number of rotatable bonds is 3. The Bertz CT molecular complexity index is 546. The Morgan fingerprint density at radius 2 is 2.05 bits per heavy atom. The van der Waals surface area contributed by atoms with Gasteiger partial charge in [-0.2, -0.15) is 0 Å². The average molecular weight is 286 g/mol. The first-order chi connectivity index (χ1) is 8.78. The normalized spacial score (nSPS) is 32.3. The minimum atomic E-state index is -3.90. The molecule has 6 nitrogen and oxygen atoms in total. The van der Waals surface area contributed by atoms with Crippen LogP contribution < -0.4 is 5.14 Å². The topological polar surface area (TPSA) is 101 Å². The summed E-state index contributed by atoms with van der Waals surface area (Å²) in [6.07, 6.45) is 6.12. The van der Waals surface area contributed by atoms with Crippen molar-refractivity contribution in [3.05, 3.63) is 23.1 Å². The van der Waals surface area contributed by atoms with Crippen LogP contribution in [0.15, 0.2) is 23.1 Å². The van der Waals surface area contributed by atoms with Gasteiger partial charge >= 0.3 is 5.97 Å². The van der Waals surface area contributed by atoms with Gasteiger partial charge in [-0.25, -0.2) is 18.4 Å². The van der Waals surface area contributed by atoms with Gasteiger partial charge in [0, 0.05) is 5.92 Å².